The molecule has 0 fully saturated rings. The number of aryl methyl sites for hydroxylation is 2. The van der Waals surface area contributed by atoms with Gasteiger partial charge in [0, 0.05) is 6.07 Å². The van der Waals surface area contributed by atoms with Gasteiger partial charge in [0.25, 0.3) is 0 Å². The minimum atomic E-state index is -3.52. The summed E-state index contributed by atoms with van der Waals surface area (Å²) in [4.78, 5) is 0.478. The van der Waals surface area contributed by atoms with Crippen molar-refractivity contribution in [1.82, 2.24) is 10.2 Å². The Hall–Kier alpha value is -2.73. The lowest BCUT2D eigenvalue weighted by atomic mass is 10.2. The highest BCUT2D eigenvalue weighted by atomic mass is 32.2. The fourth-order valence-corrected chi connectivity index (χ4v) is 3.40. The zero-order chi connectivity index (χ0) is 17.2. The molecule has 0 spiro atoms. The monoisotopic (exact) mass is 340 g/mol. The second kappa shape index (κ2) is 6.41. The molecule has 3 aromatic rings. The SMILES string of the molecule is Cc1cc(Oc2ccc(S(=O)(=O)c3ccccc3)cc2)nnc1C. The van der Waals surface area contributed by atoms with E-state index >= 15 is 0 Å². The largest absolute Gasteiger partial charge is 0.438 e. The van der Waals surface area contributed by atoms with Gasteiger partial charge in [0.2, 0.25) is 15.7 Å². The molecule has 0 aliphatic heterocycles. The Morgan fingerprint density at radius 2 is 1.46 bits per heavy atom. The van der Waals surface area contributed by atoms with E-state index in [-0.39, 0.29) is 9.79 Å². The third-order valence-corrected chi connectivity index (χ3v) is 5.40. The molecule has 3 rings (SSSR count). The average Bonchev–Trinajstić information content (AvgIpc) is 2.59. The molecule has 1 aromatic heterocycles. The van der Waals surface area contributed by atoms with Gasteiger partial charge in [-0.2, -0.15) is 5.10 Å². The summed E-state index contributed by atoms with van der Waals surface area (Å²) in [6, 6.07) is 16.4. The molecule has 2 aromatic carbocycles. The molecule has 1 heterocycles. The number of ether oxygens (including phenoxy) is 1. The fraction of sp³-hybridized carbons (Fsp3) is 0.111. The van der Waals surface area contributed by atoms with Crippen LogP contribution in [0.5, 0.6) is 11.6 Å². The molecule has 122 valence electrons. The summed E-state index contributed by atoms with van der Waals surface area (Å²) in [5, 5.41) is 7.96. The number of rotatable bonds is 4. The van der Waals surface area contributed by atoms with Crippen LogP contribution in [-0.4, -0.2) is 18.6 Å². The quantitative estimate of drug-likeness (QED) is 0.724. The van der Waals surface area contributed by atoms with E-state index in [4.69, 9.17) is 4.74 Å². The van der Waals surface area contributed by atoms with Crippen LogP contribution in [0.15, 0.2) is 70.5 Å². The number of hydrogen-bond acceptors (Lipinski definition) is 5. The molecule has 0 saturated heterocycles. The zero-order valence-corrected chi connectivity index (χ0v) is 14.1. The number of hydrogen-bond donors (Lipinski definition) is 0. The Bertz CT molecular complexity index is 953. The number of aromatic nitrogens is 2. The van der Waals surface area contributed by atoms with E-state index in [1.165, 1.54) is 12.1 Å². The van der Waals surface area contributed by atoms with Crippen LogP contribution in [0, 0.1) is 13.8 Å². The van der Waals surface area contributed by atoms with E-state index in [2.05, 4.69) is 10.2 Å². The minimum absolute atomic E-state index is 0.215. The van der Waals surface area contributed by atoms with Crippen molar-refractivity contribution in [2.75, 3.05) is 0 Å². The van der Waals surface area contributed by atoms with Crippen molar-refractivity contribution in [3.63, 3.8) is 0 Å². The van der Waals surface area contributed by atoms with Crippen LogP contribution in [0.2, 0.25) is 0 Å². The van der Waals surface area contributed by atoms with Gasteiger partial charge < -0.3 is 4.74 Å². The third kappa shape index (κ3) is 3.28. The van der Waals surface area contributed by atoms with Crippen LogP contribution in [0.3, 0.4) is 0 Å². The van der Waals surface area contributed by atoms with E-state index in [0.29, 0.717) is 11.6 Å². The fourth-order valence-electron chi connectivity index (χ4n) is 2.11. The number of sulfone groups is 1. The zero-order valence-electron chi connectivity index (χ0n) is 13.3. The van der Waals surface area contributed by atoms with Crippen molar-refractivity contribution < 1.29 is 13.2 Å². The third-order valence-electron chi connectivity index (χ3n) is 3.62. The summed E-state index contributed by atoms with van der Waals surface area (Å²) in [6.45, 7) is 3.79. The molecule has 0 atom stereocenters. The van der Waals surface area contributed by atoms with Crippen molar-refractivity contribution in [1.29, 1.82) is 0 Å². The lowest BCUT2D eigenvalue weighted by molar-refractivity contribution is 0.453. The molecule has 0 saturated carbocycles. The second-order valence-corrected chi connectivity index (χ2v) is 7.29. The molecule has 5 nitrogen and oxygen atoms in total. The minimum Gasteiger partial charge on any atom is -0.438 e. The van der Waals surface area contributed by atoms with Crippen LogP contribution in [0.1, 0.15) is 11.3 Å². The van der Waals surface area contributed by atoms with Gasteiger partial charge in [-0.3, -0.25) is 0 Å². The molecule has 0 radical (unpaired) electrons. The van der Waals surface area contributed by atoms with E-state index in [1.54, 1.807) is 48.5 Å². The van der Waals surface area contributed by atoms with E-state index < -0.39 is 9.84 Å². The average molecular weight is 340 g/mol. The Morgan fingerprint density at radius 3 is 2.08 bits per heavy atom. The predicted molar refractivity (Wildman–Crippen MR) is 89.9 cm³/mol. The summed E-state index contributed by atoms with van der Waals surface area (Å²) >= 11 is 0. The smallest absolute Gasteiger partial charge is 0.239 e. The Morgan fingerprint density at radius 1 is 0.833 bits per heavy atom. The molecule has 0 bridgehead atoms. The summed E-state index contributed by atoms with van der Waals surface area (Å²) < 4.78 is 30.7. The van der Waals surface area contributed by atoms with Gasteiger partial charge in [0.05, 0.1) is 15.5 Å². The van der Waals surface area contributed by atoms with Crippen molar-refractivity contribution in [3.8, 4) is 11.6 Å². The molecule has 0 N–H and O–H groups in total. The summed E-state index contributed by atoms with van der Waals surface area (Å²) in [6.07, 6.45) is 0. The number of benzene rings is 2. The Labute approximate surface area is 140 Å². The first-order valence-corrected chi connectivity index (χ1v) is 8.84. The first-order chi connectivity index (χ1) is 11.5. The molecule has 6 heteroatoms. The summed E-state index contributed by atoms with van der Waals surface area (Å²) in [5.74, 6) is 0.872. The normalized spacial score (nSPS) is 11.2. The maximum Gasteiger partial charge on any atom is 0.239 e. The van der Waals surface area contributed by atoms with Gasteiger partial charge >= 0.3 is 0 Å². The van der Waals surface area contributed by atoms with Crippen molar-refractivity contribution in [3.05, 3.63) is 71.9 Å². The van der Waals surface area contributed by atoms with Crippen LogP contribution < -0.4 is 4.74 Å². The second-order valence-electron chi connectivity index (χ2n) is 5.34. The highest BCUT2D eigenvalue weighted by molar-refractivity contribution is 7.91. The van der Waals surface area contributed by atoms with Gasteiger partial charge in [-0.15, -0.1) is 5.10 Å². The molecule has 0 amide bonds. The molecule has 0 unspecified atom stereocenters. The van der Waals surface area contributed by atoms with Crippen molar-refractivity contribution in [2.24, 2.45) is 0 Å². The summed E-state index contributed by atoms with van der Waals surface area (Å²) in [7, 11) is -3.52. The van der Waals surface area contributed by atoms with Crippen molar-refractivity contribution >= 4 is 9.84 Å². The van der Waals surface area contributed by atoms with Gasteiger partial charge in [-0.25, -0.2) is 8.42 Å². The van der Waals surface area contributed by atoms with E-state index in [1.807, 2.05) is 13.8 Å². The maximum atomic E-state index is 12.5. The molecule has 0 aliphatic carbocycles. The topological polar surface area (TPSA) is 69.2 Å². The Kier molecular flexibility index (Phi) is 4.31. The van der Waals surface area contributed by atoms with Crippen LogP contribution >= 0.6 is 0 Å². The van der Waals surface area contributed by atoms with Crippen molar-refractivity contribution in [2.45, 2.75) is 23.6 Å². The van der Waals surface area contributed by atoms with Gasteiger partial charge in [0.1, 0.15) is 5.75 Å². The van der Waals surface area contributed by atoms with Crippen LogP contribution in [-0.2, 0) is 9.84 Å². The highest BCUT2D eigenvalue weighted by Gasteiger charge is 2.17. The van der Waals surface area contributed by atoms with Gasteiger partial charge in [0.15, 0.2) is 0 Å². The summed E-state index contributed by atoms with van der Waals surface area (Å²) in [5.41, 5.74) is 1.81. The standard InChI is InChI=1S/C18H16N2O3S/c1-13-12-18(20-19-14(13)2)23-15-8-10-17(11-9-15)24(21,22)16-6-4-3-5-7-16/h3-12H,1-2H3. The van der Waals surface area contributed by atoms with E-state index in [0.717, 1.165) is 11.3 Å². The predicted octanol–water partition coefficient (Wildman–Crippen LogP) is 3.72. The van der Waals surface area contributed by atoms with Crippen LogP contribution in [0.4, 0.5) is 0 Å². The number of nitrogens with zero attached hydrogens (tertiary/aromatic N) is 2. The lowest BCUT2D eigenvalue weighted by Gasteiger charge is -2.08. The molecular formula is C18H16N2O3S. The van der Waals surface area contributed by atoms with Gasteiger partial charge in [-0.1, -0.05) is 18.2 Å². The van der Waals surface area contributed by atoms with Crippen LogP contribution in [0.25, 0.3) is 0 Å². The first kappa shape index (κ1) is 16.1. The molecular weight excluding hydrogens is 324 g/mol. The highest BCUT2D eigenvalue weighted by Crippen LogP contribution is 2.25. The first-order valence-electron chi connectivity index (χ1n) is 7.36. The molecule has 0 aliphatic rings. The van der Waals surface area contributed by atoms with E-state index in [9.17, 15) is 8.42 Å². The molecule has 24 heavy (non-hydrogen) atoms. The maximum absolute atomic E-state index is 12.5. The lowest BCUT2D eigenvalue weighted by Crippen LogP contribution is -2.01. The Balaban J connectivity index is 1.84. The van der Waals surface area contributed by atoms with Gasteiger partial charge in [-0.05, 0) is 55.8 Å².